The molecule has 0 radical (unpaired) electrons. The molecule has 0 aliphatic heterocycles. The summed E-state index contributed by atoms with van der Waals surface area (Å²) in [6, 6.07) is 2.85. The Hall–Kier alpha value is -0.800. The summed E-state index contributed by atoms with van der Waals surface area (Å²) in [4.78, 5) is 0. The van der Waals surface area contributed by atoms with E-state index in [1.54, 1.807) is 7.11 Å². The Kier molecular flexibility index (Phi) is 5.26. The zero-order chi connectivity index (χ0) is 12.8. The van der Waals surface area contributed by atoms with Crippen molar-refractivity contribution in [1.82, 2.24) is 9.88 Å². The van der Waals surface area contributed by atoms with Crippen LogP contribution in [0.5, 0.6) is 0 Å². The zero-order valence-electron chi connectivity index (χ0n) is 11.7. The number of hydrogen-bond acceptors (Lipinski definition) is 2. The van der Waals surface area contributed by atoms with Crippen molar-refractivity contribution in [1.29, 1.82) is 0 Å². The van der Waals surface area contributed by atoms with Crippen LogP contribution in [-0.2, 0) is 11.3 Å². The number of hydrogen-bond donors (Lipinski definition) is 1. The molecule has 1 aromatic rings. The van der Waals surface area contributed by atoms with Crippen LogP contribution >= 0.6 is 0 Å². The van der Waals surface area contributed by atoms with Gasteiger partial charge in [0.25, 0.3) is 0 Å². The van der Waals surface area contributed by atoms with Crippen molar-refractivity contribution >= 4 is 0 Å². The summed E-state index contributed by atoms with van der Waals surface area (Å²) >= 11 is 0. The van der Waals surface area contributed by atoms with Crippen LogP contribution < -0.4 is 5.32 Å². The predicted octanol–water partition coefficient (Wildman–Crippen LogP) is 2.98. The second-order valence-corrected chi connectivity index (χ2v) is 5.30. The van der Waals surface area contributed by atoms with Gasteiger partial charge in [0.2, 0.25) is 0 Å². The van der Waals surface area contributed by atoms with Crippen molar-refractivity contribution in [2.45, 2.75) is 45.2 Å². The van der Waals surface area contributed by atoms with Crippen molar-refractivity contribution in [3.63, 3.8) is 0 Å². The van der Waals surface area contributed by atoms with Gasteiger partial charge in [-0.15, -0.1) is 0 Å². The number of ether oxygens (including phenoxy) is 1. The predicted molar refractivity (Wildman–Crippen MR) is 74.7 cm³/mol. The number of nitrogens with zero attached hydrogens (tertiary/aromatic N) is 1. The molecule has 0 saturated heterocycles. The van der Waals surface area contributed by atoms with E-state index < -0.39 is 0 Å². The minimum atomic E-state index is 0.577. The highest BCUT2D eigenvalue weighted by Crippen LogP contribution is 2.41. The molecule has 1 aliphatic carbocycles. The van der Waals surface area contributed by atoms with E-state index >= 15 is 0 Å². The van der Waals surface area contributed by atoms with Gasteiger partial charge in [-0.3, -0.25) is 0 Å². The Morgan fingerprint density at radius 3 is 3.00 bits per heavy atom. The minimum absolute atomic E-state index is 0.577. The van der Waals surface area contributed by atoms with Gasteiger partial charge in [-0.2, -0.15) is 0 Å². The third-order valence-electron chi connectivity index (χ3n) is 3.60. The summed E-state index contributed by atoms with van der Waals surface area (Å²) in [7, 11) is 1.76. The lowest BCUT2D eigenvalue weighted by atomic mass is 10.1. The summed E-state index contributed by atoms with van der Waals surface area (Å²) in [5.74, 6) is 0.867. The van der Waals surface area contributed by atoms with Crippen molar-refractivity contribution < 1.29 is 4.74 Å². The standard InChI is InChI=1S/C15H26N2O/c1-3-8-16-15(13-5-6-13)14-7-10-17(12-14)9-4-11-18-2/h7,10,12-13,15-16H,3-6,8-9,11H2,1-2H3. The van der Waals surface area contributed by atoms with Gasteiger partial charge in [-0.1, -0.05) is 6.92 Å². The lowest BCUT2D eigenvalue weighted by molar-refractivity contribution is 0.190. The second kappa shape index (κ2) is 6.95. The van der Waals surface area contributed by atoms with E-state index in [2.05, 4.69) is 35.3 Å². The monoisotopic (exact) mass is 250 g/mol. The molecule has 1 saturated carbocycles. The van der Waals surface area contributed by atoms with E-state index in [0.29, 0.717) is 6.04 Å². The third kappa shape index (κ3) is 3.85. The first-order valence-corrected chi connectivity index (χ1v) is 7.23. The largest absolute Gasteiger partial charge is 0.385 e. The van der Waals surface area contributed by atoms with Crippen LogP contribution in [0.1, 0.15) is 44.2 Å². The summed E-state index contributed by atoms with van der Waals surface area (Å²) in [6.07, 6.45) is 9.57. The molecule has 1 aromatic heterocycles. The lowest BCUT2D eigenvalue weighted by Crippen LogP contribution is -2.23. The first kappa shape index (κ1) is 13.6. The van der Waals surface area contributed by atoms with E-state index in [4.69, 9.17) is 4.74 Å². The third-order valence-corrected chi connectivity index (χ3v) is 3.60. The van der Waals surface area contributed by atoms with E-state index in [-0.39, 0.29) is 0 Å². The highest BCUT2D eigenvalue weighted by molar-refractivity contribution is 5.18. The average molecular weight is 250 g/mol. The maximum Gasteiger partial charge on any atom is 0.0479 e. The van der Waals surface area contributed by atoms with Crippen molar-refractivity contribution in [2.75, 3.05) is 20.3 Å². The van der Waals surface area contributed by atoms with Crippen LogP contribution in [0.15, 0.2) is 18.5 Å². The first-order valence-electron chi connectivity index (χ1n) is 7.23. The Balaban J connectivity index is 1.89. The molecule has 1 fully saturated rings. The molecule has 0 aromatic carbocycles. The van der Waals surface area contributed by atoms with Crippen molar-refractivity contribution in [3.8, 4) is 0 Å². The minimum Gasteiger partial charge on any atom is -0.385 e. The Labute approximate surface area is 111 Å². The molecular formula is C15H26N2O. The van der Waals surface area contributed by atoms with Gasteiger partial charge in [0, 0.05) is 38.7 Å². The van der Waals surface area contributed by atoms with Crippen LogP contribution in [-0.4, -0.2) is 24.8 Å². The number of aryl methyl sites for hydroxylation is 1. The normalized spacial score (nSPS) is 17.0. The maximum atomic E-state index is 5.09. The molecule has 18 heavy (non-hydrogen) atoms. The molecule has 1 aliphatic rings. The molecular weight excluding hydrogens is 224 g/mol. The second-order valence-electron chi connectivity index (χ2n) is 5.30. The number of aromatic nitrogens is 1. The molecule has 1 heterocycles. The Morgan fingerprint density at radius 2 is 2.33 bits per heavy atom. The Morgan fingerprint density at radius 1 is 1.50 bits per heavy atom. The van der Waals surface area contributed by atoms with E-state index in [0.717, 1.165) is 32.0 Å². The summed E-state index contributed by atoms with van der Waals surface area (Å²) in [5.41, 5.74) is 1.46. The van der Waals surface area contributed by atoms with E-state index in [9.17, 15) is 0 Å². The SMILES string of the molecule is CCCNC(c1ccn(CCCOC)c1)C1CC1. The molecule has 3 heteroatoms. The van der Waals surface area contributed by atoms with Crippen LogP contribution in [0.2, 0.25) is 0 Å². The zero-order valence-corrected chi connectivity index (χ0v) is 11.7. The van der Waals surface area contributed by atoms with E-state index in [1.807, 2.05) is 0 Å². The molecule has 3 nitrogen and oxygen atoms in total. The quantitative estimate of drug-likeness (QED) is 0.682. The molecule has 1 atom stereocenters. The number of methoxy groups -OCH3 is 1. The molecule has 0 amide bonds. The van der Waals surface area contributed by atoms with Crippen LogP contribution in [0.3, 0.4) is 0 Å². The van der Waals surface area contributed by atoms with Crippen molar-refractivity contribution in [2.24, 2.45) is 5.92 Å². The van der Waals surface area contributed by atoms with E-state index in [1.165, 1.54) is 24.8 Å². The Bertz CT molecular complexity index is 344. The van der Waals surface area contributed by atoms with Gasteiger partial charge >= 0.3 is 0 Å². The molecule has 102 valence electrons. The van der Waals surface area contributed by atoms with Gasteiger partial charge in [-0.25, -0.2) is 0 Å². The fourth-order valence-electron chi connectivity index (χ4n) is 2.46. The highest BCUT2D eigenvalue weighted by atomic mass is 16.5. The smallest absolute Gasteiger partial charge is 0.0479 e. The van der Waals surface area contributed by atoms with Gasteiger partial charge in [-0.05, 0) is 49.8 Å². The van der Waals surface area contributed by atoms with Crippen LogP contribution in [0.25, 0.3) is 0 Å². The number of nitrogens with one attached hydrogen (secondary N) is 1. The summed E-state index contributed by atoms with van der Waals surface area (Å²) < 4.78 is 7.38. The van der Waals surface area contributed by atoms with Crippen LogP contribution in [0, 0.1) is 5.92 Å². The molecule has 0 bridgehead atoms. The highest BCUT2D eigenvalue weighted by Gasteiger charge is 2.32. The number of rotatable bonds is 9. The summed E-state index contributed by atoms with van der Waals surface area (Å²) in [5, 5.41) is 3.69. The van der Waals surface area contributed by atoms with Crippen LogP contribution in [0.4, 0.5) is 0 Å². The molecule has 1 N–H and O–H groups in total. The van der Waals surface area contributed by atoms with Gasteiger partial charge in [0.1, 0.15) is 0 Å². The van der Waals surface area contributed by atoms with Gasteiger partial charge in [0.05, 0.1) is 0 Å². The fourth-order valence-corrected chi connectivity index (χ4v) is 2.46. The van der Waals surface area contributed by atoms with Gasteiger partial charge < -0.3 is 14.6 Å². The van der Waals surface area contributed by atoms with Gasteiger partial charge in [0.15, 0.2) is 0 Å². The lowest BCUT2D eigenvalue weighted by Gasteiger charge is -2.16. The van der Waals surface area contributed by atoms with Crippen molar-refractivity contribution in [3.05, 3.63) is 24.0 Å². The molecule has 0 spiro atoms. The summed E-state index contributed by atoms with van der Waals surface area (Å²) in [6.45, 7) is 5.25. The fraction of sp³-hybridized carbons (Fsp3) is 0.733. The average Bonchev–Trinajstić information content (AvgIpc) is 3.10. The molecule has 1 unspecified atom stereocenters. The topological polar surface area (TPSA) is 26.2 Å². The molecule has 2 rings (SSSR count). The first-order chi connectivity index (χ1) is 8.85. The maximum absolute atomic E-state index is 5.09.